The van der Waals surface area contributed by atoms with Crippen molar-refractivity contribution in [2.24, 2.45) is 0 Å². The summed E-state index contributed by atoms with van der Waals surface area (Å²) in [5, 5.41) is 15.1. The van der Waals surface area contributed by atoms with Crippen LogP contribution in [0.1, 0.15) is 0 Å². The Labute approximate surface area is 387 Å². The molecule has 0 atom stereocenters. The first-order chi connectivity index (χ1) is 32.7. The van der Waals surface area contributed by atoms with E-state index in [0.717, 1.165) is 21.9 Å². The zero-order valence-electron chi connectivity index (χ0n) is 35.8. The molecule has 0 N–H and O–H groups in total. The Morgan fingerprint density at radius 3 is 1.17 bits per heavy atom. The van der Waals surface area contributed by atoms with Crippen molar-refractivity contribution in [2.75, 3.05) is 0 Å². The Kier molecular flexibility index (Phi) is 8.37. The second-order valence-corrected chi connectivity index (χ2v) is 19.6. The Bertz CT molecular complexity index is 4160. The van der Waals surface area contributed by atoms with Crippen LogP contribution in [0.15, 0.2) is 235 Å². The van der Waals surface area contributed by atoms with Crippen molar-refractivity contribution in [1.29, 1.82) is 0 Å². The van der Waals surface area contributed by atoms with E-state index >= 15 is 0 Å². The molecule has 66 heavy (non-hydrogen) atoms. The Morgan fingerprint density at radius 2 is 0.636 bits per heavy atom. The quantitative estimate of drug-likeness (QED) is 0.124. The number of hydrogen-bond acceptors (Lipinski definition) is 1. The van der Waals surface area contributed by atoms with Crippen LogP contribution < -0.4 is 0 Å². The molecule has 2 aromatic heterocycles. The third-order valence-electron chi connectivity index (χ3n) is 13.8. The summed E-state index contributed by atoms with van der Waals surface area (Å²) >= 11 is 0.119. The minimum Gasteiger partial charge on any atom is -0.0617 e. The second kappa shape index (κ2) is 14.8. The molecule has 0 aliphatic carbocycles. The van der Waals surface area contributed by atoms with E-state index < -0.39 is 0 Å². The van der Waals surface area contributed by atoms with E-state index in [1.54, 1.807) is 0 Å². The summed E-state index contributed by atoms with van der Waals surface area (Å²) in [5.41, 5.74) is 14.4. The first kappa shape index (κ1) is 37.4. The molecule has 2 heteroatoms. The van der Waals surface area contributed by atoms with E-state index in [1.165, 1.54) is 118 Å². The first-order valence-corrected chi connectivity index (χ1v) is 24.4. The van der Waals surface area contributed by atoms with Gasteiger partial charge >= 0.3 is 347 Å². The fourth-order valence-electron chi connectivity index (χ4n) is 11.0. The molecule has 0 amide bonds. The third kappa shape index (κ3) is 5.66. The molecule has 0 saturated carbocycles. The van der Waals surface area contributed by atoms with E-state index in [9.17, 15) is 0 Å². The van der Waals surface area contributed by atoms with Gasteiger partial charge in [0.15, 0.2) is 0 Å². The summed E-state index contributed by atoms with van der Waals surface area (Å²) in [6, 6.07) is 85.1. The van der Waals surface area contributed by atoms with Crippen LogP contribution in [0, 0.1) is 0 Å². The van der Waals surface area contributed by atoms with Crippen molar-refractivity contribution in [2.45, 2.75) is 0 Å². The molecule has 2 heterocycles. The number of benzene rings is 12. The van der Waals surface area contributed by atoms with Crippen LogP contribution in [-0.2, 0) is 0 Å². The number of fused-ring (bicyclic) bond motifs is 10. The molecule has 14 aromatic rings. The van der Waals surface area contributed by atoms with Crippen LogP contribution in [0.4, 0.5) is 0 Å². The molecule has 1 nitrogen and oxygen atoms in total. The van der Waals surface area contributed by atoms with E-state index in [2.05, 4.69) is 231 Å². The van der Waals surface area contributed by atoms with Gasteiger partial charge in [0, 0.05) is 0 Å². The van der Waals surface area contributed by atoms with Gasteiger partial charge in [-0.2, -0.15) is 0 Å². The number of furan rings is 1. The predicted molar refractivity (Wildman–Crippen MR) is 283 cm³/mol. The minimum absolute atomic E-state index is 0.119. The summed E-state index contributed by atoms with van der Waals surface area (Å²) in [7, 11) is 0. The fourth-order valence-corrected chi connectivity index (χ4v) is 13.5. The molecular formula is C64H38OSe. The molecule has 0 radical (unpaired) electrons. The van der Waals surface area contributed by atoms with Gasteiger partial charge in [-0.15, -0.1) is 0 Å². The van der Waals surface area contributed by atoms with Crippen LogP contribution >= 0.6 is 0 Å². The van der Waals surface area contributed by atoms with Crippen LogP contribution in [0.25, 0.3) is 140 Å². The molecule has 0 fully saturated rings. The normalized spacial score (nSPS) is 11.9. The summed E-state index contributed by atoms with van der Waals surface area (Å²) in [6.07, 6.45) is 0. The molecule has 12 aromatic carbocycles. The van der Waals surface area contributed by atoms with E-state index in [4.69, 9.17) is 4.42 Å². The smallest absolute Gasteiger partial charge is 0.0544 e. The van der Waals surface area contributed by atoms with Gasteiger partial charge in [-0.05, 0) is 5.56 Å². The molecule has 0 bridgehead atoms. The van der Waals surface area contributed by atoms with Crippen molar-refractivity contribution in [1.82, 2.24) is 0 Å². The molecule has 0 aliphatic rings. The van der Waals surface area contributed by atoms with Gasteiger partial charge in [0.2, 0.25) is 0 Å². The van der Waals surface area contributed by atoms with Crippen LogP contribution in [0.5, 0.6) is 0 Å². The molecule has 14 rings (SSSR count). The molecule has 0 saturated heterocycles. The monoisotopic (exact) mass is 902 g/mol. The average Bonchev–Trinajstić information content (AvgIpc) is 3.95. The third-order valence-corrected chi connectivity index (χ3v) is 16.4. The van der Waals surface area contributed by atoms with Crippen LogP contribution in [0.3, 0.4) is 0 Å². The SMILES string of the molecule is c1ccc(-c2ccc3oc4ccc(-c5c6ccccc6c(-c6cccc7c6[se]c6ccc(-c8c9ccccc9c(-c9ccccc9)c9ccccc89)cc67)c6ccccc56)cc4c3c2)cc1. The molecular weight excluding hydrogens is 864 g/mol. The first-order valence-electron chi connectivity index (χ1n) is 22.7. The predicted octanol–water partition coefficient (Wildman–Crippen LogP) is 17.9. The van der Waals surface area contributed by atoms with Gasteiger partial charge in [0.25, 0.3) is 0 Å². The molecule has 0 unspecified atom stereocenters. The fraction of sp³-hybridized carbons (Fsp3) is 0. The Balaban J connectivity index is 0.970. The summed E-state index contributed by atoms with van der Waals surface area (Å²) < 4.78 is 9.34. The van der Waals surface area contributed by atoms with Gasteiger partial charge in [-0.3, -0.25) is 0 Å². The second-order valence-electron chi connectivity index (χ2n) is 17.4. The standard InChI is InChI=1S/C64H38OSe/c1-3-16-39(17-4-1)41-30-33-57-54(36-41)55-37-42(31-34-58(55)65-57)61-48-24-11-13-26-50(48)63(51-27-14-12-25-49(51)61)53-29-15-28-52-56-38-43(32-35-59(56)66-64(52)53)62-46-22-9-7-20-44(46)60(40-18-5-2-6-19-40)45-21-8-10-23-47(45)62/h1-38H. The molecule has 0 aliphatic heterocycles. The molecule has 0 spiro atoms. The minimum atomic E-state index is 0.119. The van der Waals surface area contributed by atoms with Crippen molar-refractivity contribution >= 4 is 98.8 Å². The number of hydrogen-bond donors (Lipinski definition) is 0. The van der Waals surface area contributed by atoms with Gasteiger partial charge < -0.3 is 0 Å². The van der Waals surface area contributed by atoms with Gasteiger partial charge in [-0.1, -0.05) is 36.4 Å². The summed E-state index contributed by atoms with van der Waals surface area (Å²) in [6.45, 7) is 0. The largest absolute Gasteiger partial charge is 0.0617 e. The van der Waals surface area contributed by atoms with Gasteiger partial charge in [0.05, 0.1) is 0 Å². The van der Waals surface area contributed by atoms with Crippen LogP contribution in [0.2, 0.25) is 0 Å². The summed E-state index contributed by atoms with van der Waals surface area (Å²) in [4.78, 5) is 0. The maximum absolute atomic E-state index is 6.45. The molecule has 306 valence electrons. The van der Waals surface area contributed by atoms with E-state index in [-0.39, 0.29) is 14.5 Å². The summed E-state index contributed by atoms with van der Waals surface area (Å²) in [5.74, 6) is 0. The van der Waals surface area contributed by atoms with Crippen molar-refractivity contribution in [3.05, 3.63) is 231 Å². The topological polar surface area (TPSA) is 13.1 Å². The van der Waals surface area contributed by atoms with Gasteiger partial charge in [0.1, 0.15) is 0 Å². The Morgan fingerprint density at radius 1 is 0.242 bits per heavy atom. The Hall–Kier alpha value is -8.00. The maximum Gasteiger partial charge on any atom is -0.0544 e. The van der Waals surface area contributed by atoms with Gasteiger partial charge in [-0.25, -0.2) is 0 Å². The van der Waals surface area contributed by atoms with Crippen molar-refractivity contribution in [3.8, 4) is 55.6 Å². The van der Waals surface area contributed by atoms with Crippen LogP contribution in [-0.4, -0.2) is 14.5 Å². The average molecular weight is 902 g/mol. The van der Waals surface area contributed by atoms with E-state index in [1.807, 2.05) is 0 Å². The maximum atomic E-state index is 6.45. The van der Waals surface area contributed by atoms with Crippen molar-refractivity contribution < 1.29 is 4.42 Å². The zero-order valence-corrected chi connectivity index (χ0v) is 37.5. The van der Waals surface area contributed by atoms with E-state index in [0.29, 0.717) is 0 Å². The zero-order chi connectivity index (χ0) is 43.3. The van der Waals surface area contributed by atoms with Crippen molar-refractivity contribution in [3.63, 3.8) is 0 Å². The number of rotatable bonds is 5.